The zero-order valence-corrected chi connectivity index (χ0v) is 16.4. The van der Waals surface area contributed by atoms with Gasteiger partial charge in [0.25, 0.3) is 0 Å². The summed E-state index contributed by atoms with van der Waals surface area (Å²) < 4.78 is 32.9. The summed E-state index contributed by atoms with van der Waals surface area (Å²) in [6.07, 6.45) is -1.05. The van der Waals surface area contributed by atoms with Crippen LogP contribution in [0.3, 0.4) is 0 Å². The van der Waals surface area contributed by atoms with Crippen LogP contribution in [0.2, 0.25) is 0 Å². The summed E-state index contributed by atoms with van der Waals surface area (Å²) in [7, 11) is 0. The summed E-state index contributed by atoms with van der Waals surface area (Å²) in [6, 6.07) is 19.1. The van der Waals surface area contributed by atoms with E-state index in [0.29, 0.717) is 12.0 Å². The summed E-state index contributed by atoms with van der Waals surface area (Å²) in [5, 5.41) is 8.82. The second-order valence-corrected chi connectivity index (χ2v) is 8.11. The van der Waals surface area contributed by atoms with Gasteiger partial charge in [0.2, 0.25) is 0 Å². The largest absolute Gasteiger partial charge is 0.481 e. The second kappa shape index (κ2) is 12.9. The monoisotopic (exact) mass is 392 g/mol. The van der Waals surface area contributed by atoms with Gasteiger partial charge in [-0.3, -0.25) is 4.79 Å². The molecule has 0 aromatic heterocycles. The Morgan fingerprint density at radius 2 is 1.65 bits per heavy atom. The molecule has 0 radical (unpaired) electrons. The lowest BCUT2D eigenvalue weighted by atomic mass is 10.1. The number of aliphatic carboxylic acids is 1. The molecule has 1 unspecified atom stereocenters. The molecule has 140 valence electrons. The number of carboxylic acids is 1. The van der Waals surface area contributed by atoms with E-state index >= 15 is 0 Å². The highest BCUT2D eigenvalue weighted by atomic mass is 32.2. The molecule has 1 N–H and O–H groups in total. The Labute approximate surface area is 171 Å². The molecule has 1 atom stereocenters. The Balaban J connectivity index is 1.97. The SMILES string of the molecule is [2H]C([2H])(CCC(CCSCc1ccccc1)SC([2H])([2H])c1ccccc1)CC(=O)O. The quantitative estimate of drug-likeness (QED) is 0.408. The molecule has 26 heavy (non-hydrogen) atoms. The van der Waals surface area contributed by atoms with Crippen molar-refractivity contribution in [3.63, 3.8) is 0 Å². The van der Waals surface area contributed by atoms with Crippen LogP contribution in [-0.4, -0.2) is 22.1 Å². The molecule has 2 aromatic carbocycles. The Bertz CT molecular complexity index is 773. The number of hydrogen-bond donors (Lipinski definition) is 1. The Morgan fingerprint density at radius 3 is 2.31 bits per heavy atom. The molecule has 2 aromatic rings. The summed E-state index contributed by atoms with van der Waals surface area (Å²) in [4.78, 5) is 10.9. The number of hydrogen-bond acceptors (Lipinski definition) is 3. The van der Waals surface area contributed by atoms with Crippen LogP contribution in [0.5, 0.6) is 0 Å². The number of thioether (sulfide) groups is 2. The molecule has 0 heterocycles. The topological polar surface area (TPSA) is 37.3 Å². The van der Waals surface area contributed by atoms with Crippen molar-refractivity contribution in [3.8, 4) is 0 Å². The van der Waals surface area contributed by atoms with Crippen LogP contribution in [0.25, 0.3) is 0 Å². The fourth-order valence-electron chi connectivity index (χ4n) is 2.36. The van der Waals surface area contributed by atoms with Crippen molar-refractivity contribution >= 4 is 29.5 Å². The van der Waals surface area contributed by atoms with E-state index in [-0.39, 0.29) is 11.7 Å². The maximum Gasteiger partial charge on any atom is 0.303 e. The highest BCUT2D eigenvalue weighted by molar-refractivity contribution is 7.99. The van der Waals surface area contributed by atoms with Crippen LogP contribution in [0, 0.1) is 0 Å². The second-order valence-electron chi connectivity index (χ2n) is 5.89. The van der Waals surface area contributed by atoms with Gasteiger partial charge in [-0.2, -0.15) is 23.5 Å². The fraction of sp³-hybridized carbons (Fsp3) is 0.409. The molecule has 0 saturated heterocycles. The van der Waals surface area contributed by atoms with E-state index in [2.05, 4.69) is 12.1 Å². The van der Waals surface area contributed by atoms with E-state index in [1.165, 1.54) is 17.3 Å². The molecule has 2 nitrogen and oxygen atoms in total. The summed E-state index contributed by atoms with van der Waals surface area (Å²) >= 11 is 2.99. The zero-order valence-electron chi connectivity index (χ0n) is 18.8. The number of rotatable bonds is 13. The third-order valence-electron chi connectivity index (χ3n) is 3.73. The van der Waals surface area contributed by atoms with Gasteiger partial charge in [0.15, 0.2) is 0 Å². The first-order chi connectivity index (χ1) is 14.2. The van der Waals surface area contributed by atoms with Crippen molar-refractivity contribution in [1.82, 2.24) is 0 Å². The number of benzene rings is 2. The third-order valence-corrected chi connectivity index (χ3v) is 5.95. The van der Waals surface area contributed by atoms with Gasteiger partial charge < -0.3 is 5.11 Å². The molecule has 2 rings (SSSR count). The normalized spacial score (nSPS) is 15.4. The predicted octanol–water partition coefficient (Wildman–Crippen LogP) is 6.26. The van der Waals surface area contributed by atoms with Gasteiger partial charge in [-0.15, -0.1) is 0 Å². The Hall–Kier alpha value is -1.39. The first-order valence-corrected chi connectivity index (χ1v) is 10.8. The minimum atomic E-state index is -1.79. The molecule has 0 amide bonds. The molecule has 4 heteroatoms. The van der Waals surface area contributed by atoms with E-state index < -0.39 is 24.5 Å². The van der Waals surface area contributed by atoms with Crippen LogP contribution < -0.4 is 0 Å². The average Bonchev–Trinajstić information content (AvgIpc) is 2.69. The first-order valence-electron chi connectivity index (χ1n) is 10.7. The standard InChI is InChI=1S/C22H28O2S2/c23-22(24)14-8-7-13-21(26-18-20-11-5-2-6-12-20)15-16-25-17-19-9-3-1-4-10-19/h1-6,9-12,21H,7-8,13-18H2,(H,23,24)/i8D2,18D2. The molecule has 0 spiro atoms. The Kier molecular flexibility index (Phi) is 7.75. The molecule has 0 bridgehead atoms. The van der Waals surface area contributed by atoms with Gasteiger partial charge in [-0.25, -0.2) is 0 Å². The van der Waals surface area contributed by atoms with Crippen molar-refractivity contribution < 1.29 is 15.4 Å². The van der Waals surface area contributed by atoms with E-state index in [1.807, 2.05) is 36.4 Å². The summed E-state index contributed by atoms with van der Waals surface area (Å²) in [5.41, 5.74) is 0.241. The fourth-order valence-corrected chi connectivity index (χ4v) is 4.44. The van der Waals surface area contributed by atoms with Crippen molar-refractivity contribution in [2.45, 2.75) is 48.8 Å². The summed E-state index contributed by atoms with van der Waals surface area (Å²) in [6.45, 7) is 0. The lowest BCUT2D eigenvalue weighted by Gasteiger charge is -2.16. The van der Waals surface area contributed by atoms with Gasteiger partial charge in [0.05, 0.1) is 0 Å². The predicted molar refractivity (Wildman–Crippen MR) is 115 cm³/mol. The number of carboxylic acid groups (broad SMARTS) is 1. The van der Waals surface area contributed by atoms with Crippen LogP contribution in [0.15, 0.2) is 60.7 Å². The number of carbonyl (C=O) groups is 1. The van der Waals surface area contributed by atoms with Gasteiger partial charge in [0, 0.05) is 28.6 Å². The molecule has 0 fully saturated rings. The van der Waals surface area contributed by atoms with Crippen LogP contribution >= 0.6 is 23.5 Å². The third kappa shape index (κ3) is 9.35. The van der Waals surface area contributed by atoms with Crippen molar-refractivity contribution in [3.05, 3.63) is 71.8 Å². The molecule has 0 saturated carbocycles. The lowest BCUT2D eigenvalue weighted by molar-refractivity contribution is -0.137. The van der Waals surface area contributed by atoms with Gasteiger partial charge in [-0.05, 0) is 36.1 Å². The molecular weight excluding hydrogens is 360 g/mol. The van der Waals surface area contributed by atoms with Crippen LogP contribution in [0.1, 0.15) is 48.7 Å². The first kappa shape index (κ1) is 15.6. The molecule has 0 aliphatic heterocycles. The van der Waals surface area contributed by atoms with Crippen molar-refractivity contribution in [2.24, 2.45) is 0 Å². The van der Waals surface area contributed by atoms with Crippen molar-refractivity contribution in [1.29, 1.82) is 0 Å². The average molecular weight is 393 g/mol. The van der Waals surface area contributed by atoms with E-state index in [1.54, 1.807) is 23.9 Å². The zero-order chi connectivity index (χ0) is 22.0. The molecular formula is C22H28O2S2. The van der Waals surface area contributed by atoms with Gasteiger partial charge in [-0.1, -0.05) is 67.1 Å². The molecule has 0 aliphatic rings. The lowest BCUT2D eigenvalue weighted by Crippen LogP contribution is -2.06. The highest BCUT2D eigenvalue weighted by Gasteiger charge is 2.10. The van der Waals surface area contributed by atoms with E-state index in [4.69, 9.17) is 10.6 Å². The summed E-state index contributed by atoms with van der Waals surface area (Å²) in [5.74, 6) is 0.561. The minimum Gasteiger partial charge on any atom is -0.481 e. The smallest absolute Gasteiger partial charge is 0.303 e. The van der Waals surface area contributed by atoms with E-state index in [9.17, 15) is 4.79 Å². The van der Waals surface area contributed by atoms with Crippen LogP contribution in [-0.2, 0) is 16.3 Å². The van der Waals surface area contributed by atoms with Crippen LogP contribution in [0.4, 0.5) is 0 Å². The Morgan fingerprint density at radius 1 is 1.00 bits per heavy atom. The van der Waals surface area contributed by atoms with Gasteiger partial charge >= 0.3 is 5.97 Å². The van der Waals surface area contributed by atoms with Crippen molar-refractivity contribution in [2.75, 3.05) is 5.75 Å². The maximum absolute atomic E-state index is 10.9. The minimum absolute atomic E-state index is 0.102. The molecule has 0 aliphatic carbocycles. The van der Waals surface area contributed by atoms with E-state index in [0.717, 1.165) is 17.9 Å². The maximum atomic E-state index is 10.9. The van der Waals surface area contributed by atoms with Gasteiger partial charge in [0.1, 0.15) is 0 Å². The highest BCUT2D eigenvalue weighted by Crippen LogP contribution is 2.27.